The Morgan fingerprint density at radius 1 is 1.31 bits per heavy atom. The summed E-state index contributed by atoms with van der Waals surface area (Å²) in [6.45, 7) is 6.88. The number of hydrogen-bond donors (Lipinski definition) is 2. The van der Waals surface area contributed by atoms with Gasteiger partial charge in [0.2, 0.25) is 0 Å². The van der Waals surface area contributed by atoms with Gasteiger partial charge in [-0.2, -0.15) is 10.2 Å². The van der Waals surface area contributed by atoms with Crippen molar-refractivity contribution in [3.63, 3.8) is 0 Å². The second-order valence-corrected chi connectivity index (χ2v) is 6.10. The first-order valence-corrected chi connectivity index (χ1v) is 8.55. The van der Waals surface area contributed by atoms with Gasteiger partial charge in [-0.05, 0) is 44.5 Å². The van der Waals surface area contributed by atoms with E-state index in [1.165, 1.54) is 0 Å². The summed E-state index contributed by atoms with van der Waals surface area (Å²) in [7, 11) is 1.89. The van der Waals surface area contributed by atoms with Crippen LogP contribution in [0, 0.1) is 13.8 Å². The van der Waals surface area contributed by atoms with Crippen LogP contribution in [0.15, 0.2) is 30.3 Å². The molecule has 1 aromatic carbocycles. The van der Waals surface area contributed by atoms with Gasteiger partial charge in [-0.1, -0.05) is 12.1 Å². The van der Waals surface area contributed by atoms with Crippen molar-refractivity contribution < 1.29 is 9.53 Å². The molecule has 0 aliphatic carbocycles. The number of ether oxygens (including phenoxy) is 1. The third-order valence-corrected chi connectivity index (χ3v) is 4.25. The lowest BCUT2D eigenvalue weighted by molar-refractivity contribution is 0.0946. The fourth-order valence-electron chi connectivity index (χ4n) is 2.90. The number of nitrogens with zero attached hydrogens (tertiary/aromatic N) is 3. The van der Waals surface area contributed by atoms with Crippen molar-refractivity contribution in [3.05, 3.63) is 53.0 Å². The van der Waals surface area contributed by atoms with E-state index in [0.717, 1.165) is 34.0 Å². The molecule has 1 amide bonds. The van der Waals surface area contributed by atoms with Crippen LogP contribution in [0.2, 0.25) is 0 Å². The van der Waals surface area contributed by atoms with Gasteiger partial charge in [0, 0.05) is 24.8 Å². The molecule has 7 nitrogen and oxygen atoms in total. The monoisotopic (exact) mass is 353 g/mol. The molecule has 2 aromatic heterocycles. The maximum atomic E-state index is 12.4. The summed E-state index contributed by atoms with van der Waals surface area (Å²) in [6.07, 6.45) is 0. The lowest BCUT2D eigenvalue weighted by Crippen LogP contribution is -2.23. The van der Waals surface area contributed by atoms with Crippen LogP contribution < -0.4 is 10.1 Å². The first kappa shape index (κ1) is 17.7. The van der Waals surface area contributed by atoms with E-state index < -0.39 is 0 Å². The normalized spacial score (nSPS) is 10.8. The van der Waals surface area contributed by atoms with Crippen molar-refractivity contribution in [2.45, 2.75) is 27.3 Å². The Kier molecular flexibility index (Phi) is 5.06. The Bertz CT molecular complexity index is 926. The van der Waals surface area contributed by atoms with Crippen LogP contribution >= 0.6 is 0 Å². The maximum absolute atomic E-state index is 12.4. The van der Waals surface area contributed by atoms with Crippen LogP contribution in [-0.2, 0) is 13.6 Å². The maximum Gasteiger partial charge on any atom is 0.269 e. The quantitative estimate of drug-likeness (QED) is 0.714. The average molecular weight is 353 g/mol. The molecule has 0 saturated carbocycles. The summed E-state index contributed by atoms with van der Waals surface area (Å²) in [5.74, 6) is 0.593. The zero-order valence-electron chi connectivity index (χ0n) is 15.5. The molecule has 0 fully saturated rings. The Labute approximate surface area is 152 Å². The van der Waals surface area contributed by atoms with Gasteiger partial charge in [0.15, 0.2) is 0 Å². The Hall–Kier alpha value is -3.09. The number of carbonyl (C=O) groups is 1. The fourth-order valence-corrected chi connectivity index (χ4v) is 2.90. The molecule has 0 aliphatic rings. The topological polar surface area (TPSA) is 84.8 Å². The van der Waals surface area contributed by atoms with E-state index in [-0.39, 0.29) is 5.91 Å². The number of nitrogens with one attached hydrogen (secondary N) is 2. The number of H-pyrrole nitrogens is 1. The number of aromatic nitrogens is 4. The number of aromatic amines is 1. The highest BCUT2D eigenvalue weighted by atomic mass is 16.5. The molecule has 0 radical (unpaired) electrons. The van der Waals surface area contributed by atoms with Crippen LogP contribution in [0.5, 0.6) is 5.75 Å². The lowest BCUT2D eigenvalue weighted by atomic mass is 10.1. The van der Waals surface area contributed by atoms with Gasteiger partial charge >= 0.3 is 0 Å². The molecule has 2 heterocycles. The third-order valence-electron chi connectivity index (χ3n) is 4.25. The predicted molar refractivity (Wildman–Crippen MR) is 99.0 cm³/mol. The van der Waals surface area contributed by atoms with E-state index in [0.29, 0.717) is 18.8 Å². The average Bonchev–Trinajstić information content (AvgIpc) is 3.18. The molecular weight excluding hydrogens is 330 g/mol. The molecule has 0 aliphatic heterocycles. The van der Waals surface area contributed by atoms with Crippen molar-refractivity contribution in [2.24, 2.45) is 7.05 Å². The minimum atomic E-state index is -0.204. The van der Waals surface area contributed by atoms with Crippen LogP contribution in [0.3, 0.4) is 0 Å². The molecule has 3 rings (SSSR count). The summed E-state index contributed by atoms with van der Waals surface area (Å²) >= 11 is 0. The molecule has 0 atom stereocenters. The molecule has 0 saturated heterocycles. The number of aryl methyl sites for hydroxylation is 2. The first-order chi connectivity index (χ1) is 12.5. The Morgan fingerprint density at radius 3 is 2.81 bits per heavy atom. The van der Waals surface area contributed by atoms with Gasteiger partial charge in [0.25, 0.3) is 5.91 Å². The number of carbonyl (C=O) groups excluding carboxylic acids is 1. The summed E-state index contributed by atoms with van der Waals surface area (Å²) in [5, 5.41) is 14.4. The third kappa shape index (κ3) is 3.61. The minimum Gasteiger partial charge on any atom is -0.494 e. The standard InChI is InChI=1S/C19H23N5O2/c1-5-26-15-8-6-7-14(9-15)11-20-19(25)17-10-16(21-22-17)18-12(2)23-24(4)13(18)3/h6-10H,5,11H2,1-4H3,(H,20,25)(H,21,22). The summed E-state index contributed by atoms with van der Waals surface area (Å²) < 4.78 is 7.29. The van der Waals surface area contributed by atoms with Crippen molar-refractivity contribution >= 4 is 5.91 Å². The second-order valence-electron chi connectivity index (χ2n) is 6.10. The molecule has 26 heavy (non-hydrogen) atoms. The largest absolute Gasteiger partial charge is 0.494 e. The van der Waals surface area contributed by atoms with Gasteiger partial charge in [-0.3, -0.25) is 14.6 Å². The lowest BCUT2D eigenvalue weighted by Gasteiger charge is -2.07. The SMILES string of the molecule is CCOc1cccc(CNC(=O)c2cc(-c3c(C)nn(C)c3C)n[nH]2)c1. The highest BCUT2D eigenvalue weighted by Gasteiger charge is 2.17. The summed E-state index contributed by atoms with van der Waals surface area (Å²) in [6, 6.07) is 9.43. The van der Waals surface area contributed by atoms with Crippen molar-refractivity contribution in [1.82, 2.24) is 25.3 Å². The number of hydrogen-bond acceptors (Lipinski definition) is 4. The molecule has 3 aromatic rings. The second kappa shape index (κ2) is 7.43. The van der Waals surface area contributed by atoms with Crippen LogP contribution in [0.25, 0.3) is 11.3 Å². The van der Waals surface area contributed by atoms with Crippen molar-refractivity contribution in [3.8, 4) is 17.0 Å². The first-order valence-electron chi connectivity index (χ1n) is 8.55. The van der Waals surface area contributed by atoms with Crippen LogP contribution in [0.4, 0.5) is 0 Å². The van der Waals surface area contributed by atoms with Gasteiger partial charge in [0.1, 0.15) is 11.4 Å². The van der Waals surface area contributed by atoms with Crippen molar-refractivity contribution in [1.29, 1.82) is 0 Å². The van der Waals surface area contributed by atoms with E-state index in [9.17, 15) is 4.79 Å². The van der Waals surface area contributed by atoms with E-state index in [1.54, 1.807) is 6.07 Å². The fraction of sp³-hybridized carbons (Fsp3) is 0.316. The van der Waals surface area contributed by atoms with E-state index in [1.807, 2.05) is 56.8 Å². The molecule has 7 heteroatoms. The van der Waals surface area contributed by atoms with Gasteiger partial charge in [-0.25, -0.2) is 0 Å². The van der Waals surface area contributed by atoms with Crippen LogP contribution in [-0.4, -0.2) is 32.5 Å². The number of benzene rings is 1. The summed E-state index contributed by atoms with van der Waals surface area (Å²) in [4.78, 5) is 12.4. The molecule has 2 N–H and O–H groups in total. The van der Waals surface area contributed by atoms with Crippen LogP contribution in [0.1, 0.15) is 34.4 Å². The van der Waals surface area contributed by atoms with E-state index >= 15 is 0 Å². The Morgan fingerprint density at radius 2 is 2.12 bits per heavy atom. The smallest absolute Gasteiger partial charge is 0.269 e. The van der Waals surface area contributed by atoms with Gasteiger partial charge in [-0.15, -0.1) is 0 Å². The molecule has 0 spiro atoms. The van der Waals surface area contributed by atoms with Gasteiger partial charge in [0.05, 0.1) is 18.0 Å². The van der Waals surface area contributed by atoms with E-state index in [4.69, 9.17) is 4.74 Å². The summed E-state index contributed by atoms with van der Waals surface area (Å²) in [5.41, 5.74) is 4.96. The zero-order chi connectivity index (χ0) is 18.7. The molecular formula is C19H23N5O2. The zero-order valence-corrected chi connectivity index (χ0v) is 15.5. The van der Waals surface area contributed by atoms with Gasteiger partial charge < -0.3 is 10.1 Å². The number of rotatable bonds is 6. The highest BCUT2D eigenvalue weighted by molar-refractivity contribution is 5.93. The predicted octanol–water partition coefficient (Wildman–Crippen LogP) is 2.76. The number of amides is 1. The minimum absolute atomic E-state index is 0.204. The molecule has 136 valence electrons. The molecule has 0 unspecified atom stereocenters. The van der Waals surface area contributed by atoms with E-state index in [2.05, 4.69) is 20.6 Å². The highest BCUT2D eigenvalue weighted by Crippen LogP contribution is 2.25. The molecule has 0 bridgehead atoms. The van der Waals surface area contributed by atoms with Crippen molar-refractivity contribution in [2.75, 3.05) is 6.61 Å². The Balaban J connectivity index is 1.70.